The second-order valence-electron chi connectivity index (χ2n) is 4.54. The number of nitrogens with two attached hydrogens (primary N) is 1. The van der Waals surface area contributed by atoms with Crippen molar-refractivity contribution in [2.24, 2.45) is 12.8 Å². The van der Waals surface area contributed by atoms with E-state index >= 15 is 0 Å². The third kappa shape index (κ3) is 1.82. The van der Waals surface area contributed by atoms with E-state index in [1.807, 2.05) is 20.9 Å². The summed E-state index contributed by atoms with van der Waals surface area (Å²) in [5.74, 6) is 0. The minimum absolute atomic E-state index is 0.287. The molecule has 2 aromatic rings. The molecular weight excluding hydrogens is 252 g/mol. The van der Waals surface area contributed by atoms with Crippen molar-refractivity contribution in [3.05, 3.63) is 34.4 Å². The minimum Gasteiger partial charge on any atom is -0.349 e. The molecule has 0 atom stereocenters. The number of halogens is 1. The molecule has 0 saturated carbocycles. The summed E-state index contributed by atoms with van der Waals surface area (Å²) >= 11 is 3.54. The van der Waals surface area contributed by atoms with Crippen LogP contribution in [0.4, 0.5) is 0 Å². The van der Waals surface area contributed by atoms with E-state index in [0.717, 1.165) is 10.0 Å². The summed E-state index contributed by atoms with van der Waals surface area (Å²) in [4.78, 5) is 0. The number of hydrogen-bond donors (Lipinski definition) is 1. The van der Waals surface area contributed by atoms with Gasteiger partial charge in [-0.25, -0.2) is 0 Å². The Bertz CT molecular complexity index is 506. The molecule has 1 aromatic carbocycles. The van der Waals surface area contributed by atoms with Gasteiger partial charge in [-0.15, -0.1) is 0 Å². The van der Waals surface area contributed by atoms with Crippen molar-refractivity contribution in [2.45, 2.75) is 19.4 Å². The Morgan fingerprint density at radius 3 is 2.60 bits per heavy atom. The first-order chi connectivity index (χ1) is 6.89. The van der Waals surface area contributed by atoms with Crippen molar-refractivity contribution in [2.75, 3.05) is 0 Å². The van der Waals surface area contributed by atoms with Crippen LogP contribution in [0.25, 0.3) is 10.9 Å². The fraction of sp³-hybridized carbons (Fsp3) is 0.333. The van der Waals surface area contributed by atoms with Crippen LogP contribution in [0, 0.1) is 0 Å². The maximum atomic E-state index is 6.08. The van der Waals surface area contributed by atoms with Crippen LogP contribution in [0.3, 0.4) is 0 Å². The molecule has 0 aliphatic heterocycles. The van der Waals surface area contributed by atoms with E-state index in [1.54, 1.807) is 0 Å². The van der Waals surface area contributed by atoms with Crippen LogP contribution in [0.2, 0.25) is 0 Å². The Kier molecular flexibility index (Phi) is 2.40. The van der Waals surface area contributed by atoms with Gasteiger partial charge in [0.05, 0.1) is 0 Å². The van der Waals surface area contributed by atoms with Gasteiger partial charge in [0, 0.05) is 34.2 Å². The summed E-state index contributed by atoms with van der Waals surface area (Å²) in [7, 11) is 2.04. The molecule has 1 aromatic heterocycles. The SMILES string of the molecule is Cn1cc(Br)c2ccc(C(C)(C)N)cc21. The molecule has 80 valence electrons. The van der Waals surface area contributed by atoms with Crippen LogP contribution in [0.1, 0.15) is 19.4 Å². The molecule has 0 aliphatic rings. The van der Waals surface area contributed by atoms with E-state index in [-0.39, 0.29) is 5.54 Å². The highest BCUT2D eigenvalue weighted by Gasteiger charge is 2.15. The van der Waals surface area contributed by atoms with Gasteiger partial charge in [-0.2, -0.15) is 0 Å². The van der Waals surface area contributed by atoms with Gasteiger partial charge in [0.25, 0.3) is 0 Å². The number of nitrogens with zero attached hydrogens (tertiary/aromatic N) is 1. The highest BCUT2D eigenvalue weighted by molar-refractivity contribution is 9.10. The van der Waals surface area contributed by atoms with Crippen molar-refractivity contribution in [3.8, 4) is 0 Å². The van der Waals surface area contributed by atoms with Gasteiger partial charge in [-0.3, -0.25) is 0 Å². The highest BCUT2D eigenvalue weighted by atomic mass is 79.9. The molecule has 2 nitrogen and oxygen atoms in total. The maximum absolute atomic E-state index is 6.08. The summed E-state index contributed by atoms with van der Waals surface area (Å²) in [5.41, 5.74) is 8.16. The van der Waals surface area contributed by atoms with Gasteiger partial charge in [-0.05, 0) is 41.4 Å². The van der Waals surface area contributed by atoms with Gasteiger partial charge in [0.2, 0.25) is 0 Å². The van der Waals surface area contributed by atoms with Gasteiger partial charge >= 0.3 is 0 Å². The first-order valence-electron chi connectivity index (χ1n) is 4.93. The van der Waals surface area contributed by atoms with E-state index < -0.39 is 0 Å². The van der Waals surface area contributed by atoms with E-state index in [9.17, 15) is 0 Å². The van der Waals surface area contributed by atoms with E-state index in [1.165, 1.54) is 10.9 Å². The average molecular weight is 267 g/mol. The van der Waals surface area contributed by atoms with Crippen LogP contribution >= 0.6 is 15.9 Å². The molecule has 0 unspecified atom stereocenters. The van der Waals surface area contributed by atoms with Crippen molar-refractivity contribution in [1.82, 2.24) is 4.57 Å². The number of rotatable bonds is 1. The molecule has 2 N–H and O–H groups in total. The van der Waals surface area contributed by atoms with Crippen LogP contribution in [-0.4, -0.2) is 4.57 Å². The third-order valence-electron chi connectivity index (χ3n) is 2.69. The topological polar surface area (TPSA) is 30.9 Å². The zero-order chi connectivity index (χ0) is 11.2. The molecule has 0 fully saturated rings. The number of aryl methyl sites for hydroxylation is 1. The summed E-state index contributed by atoms with van der Waals surface area (Å²) in [6.45, 7) is 4.04. The van der Waals surface area contributed by atoms with E-state index in [2.05, 4.69) is 44.9 Å². The third-order valence-corrected chi connectivity index (χ3v) is 3.32. The number of benzene rings is 1. The molecule has 0 amide bonds. The molecule has 0 spiro atoms. The van der Waals surface area contributed by atoms with Crippen molar-refractivity contribution >= 4 is 26.8 Å². The Hall–Kier alpha value is -0.800. The largest absolute Gasteiger partial charge is 0.349 e. The Balaban J connectivity index is 2.71. The van der Waals surface area contributed by atoms with Crippen LogP contribution in [-0.2, 0) is 12.6 Å². The lowest BCUT2D eigenvalue weighted by Crippen LogP contribution is -2.28. The van der Waals surface area contributed by atoms with Crippen molar-refractivity contribution in [1.29, 1.82) is 0 Å². The molecule has 0 saturated heterocycles. The minimum atomic E-state index is -0.287. The van der Waals surface area contributed by atoms with Crippen LogP contribution < -0.4 is 5.73 Å². The number of hydrogen-bond acceptors (Lipinski definition) is 1. The molecule has 1 heterocycles. The Labute approximate surface area is 98.2 Å². The number of fused-ring (bicyclic) bond motifs is 1. The summed E-state index contributed by atoms with van der Waals surface area (Å²) < 4.78 is 3.23. The fourth-order valence-electron chi connectivity index (χ4n) is 1.74. The average Bonchev–Trinajstić information content (AvgIpc) is 2.41. The first kappa shape index (κ1) is 10.7. The second-order valence-corrected chi connectivity index (χ2v) is 5.40. The second kappa shape index (κ2) is 3.35. The molecule has 15 heavy (non-hydrogen) atoms. The van der Waals surface area contributed by atoms with Crippen molar-refractivity contribution in [3.63, 3.8) is 0 Å². The zero-order valence-corrected chi connectivity index (χ0v) is 10.8. The zero-order valence-electron chi connectivity index (χ0n) is 9.21. The molecule has 0 aliphatic carbocycles. The molecule has 0 radical (unpaired) electrons. The molecular formula is C12H15BrN2. The van der Waals surface area contributed by atoms with Crippen LogP contribution in [0.5, 0.6) is 0 Å². The van der Waals surface area contributed by atoms with Gasteiger partial charge in [-0.1, -0.05) is 12.1 Å². The van der Waals surface area contributed by atoms with Crippen molar-refractivity contribution < 1.29 is 0 Å². The highest BCUT2D eigenvalue weighted by Crippen LogP contribution is 2.28. The summed E-state index contributed by atoms with van der Waals surface area (Å²) in [5, 5.41) is 1.23. The molecule has 3 heteroatoms. The van der Waals surface area contributed by atoms with E-state index in [4.69, 9.17) is 5.73 Å². The van der Waals surface area contributed by atoms with Gasteiger partial charge in [0.15, 0.2) is 0 Å². The summed E-state index contributed by atoms with van der Waals surface area (Å²) in [6, 6.07) is 6.36. The maximum Gasteiger partial charge on any atom is 0.0492 e. The Morgan fingerprint density at radius 2 is 2.00 bits per heavy atom. The fourth-order valence-corrected chi connectivity index (χ4v) is 2.38. The predicted molar refractivity (Wildman–Crippen MR) is 67.8 cm³/mol. The lowest BCUT2D eigenvalue weighted by molar-refractivity contribution is 0.555. The van der Waals surface area contributed by atoms with Crippen LogP contribution in [0.15, 0.2) is 28.9 Å². The Morgan fingerprint density at radius 1 is 1.33 bits per heavy atom. The van der Waals surface area contributed by atoms with Gasteiger partial charge < -0.3 is 10.3 Å². The monoisotopic (exact) mass is 266 g/mol. The predicted octanol–water partition coefficient (Wildman–Crippen LogP) is 3.13. The van der Waals surface area contributed by atoms with Gasteiger partial charge in [0.1, 0.15) is 0 Å². The lowest BCUT2D eigenvalue weighted by Gasteiger charge is -2.19. The van der Waals surface area contributed by atoms with E-state index in [0.29, 0.717) is 0 Å². The standard InChI is InChI=1S/C12H15BrN2/c1-12(2,14)8-4-5-9-10(13)7-15(3)11(9)6-8/h4-7H,14H2,1-3H3. The molecule has 2 rings (SSSR count). The normalized spacial score (nSPS) is 12.3. The quantitative estimate of drug-likeness (QED) is 0.845. The molecule has 0 bridgehead atoms. The first-order valence-corrected chi connectivity index (χ1v) is 5.73. The smallest absolute Gasteiger partial charge is 0.0492 e. The lowest BCUT2D eigenvalue weighted by atomic mass is 9.95. The summed E-state index contributed by atoms with van der Waals surface area (Å²) in [6.07, 6.45) is 2.07. The number of aromatic nitrogens is 1.